The van der Waals surface area contributed by atoms with Crippen LogP contribution in [0.15, 0.2) is 48.4 Å². The van der Waals surface area contributed by atoms with Gasteiger partial charge in [0.05, 0.1) is 29.7 Å². The summed E-state index contributed by atoms with van der Waals surface area (Å²) >= 11 is 0. The van der Waals surface area contributed by atoms with Crippen molar-refractivity contribution in [2.45, 2.75) is 13.0 Å². The van der Waals surface area contributed by atoms with Crippen LogP contribution in [0.25, 0.3) is 22.2 Å². The lowest BCUT2D eigenvalue weighted by atomic mass is 9.78. The second-order valence-electron chi connectivity index (χ2n) is 6.59. The lowest BCUT2D eigenvalue weighted by Crippen LogP contribution is -2.38. The first-order chi connectivity index (χ1) is 11.7. The van der Waals surface area contributed by atoms with Crippen LogP contribution in [-0.2, 0) is 22.5 Å². The van der Waals surface area contributed by atoms with Crippen molar-refractivity contribution in [2.75, 3.05) is 6.61 Å². The first kappa shape index (κ1) is 13.6. The van der Waals surface area contributed by atoms with Gasteiger partial charge in [0.15, 0.2) is 0 Å². The molecular weight excluding hydrogens is 304 g/mol. The van der Waals surface area contributed by atoms with E-state index >= 15 is 0 Å². The molecule has 0 saturated heterocycles. The zero-order chi connectivity index (χ0) is 16.3. The van der Waals surface area contributed by atoms with Crippen LogP contribution in [0.3, 0.4) is 0 Å². The topological polar surface area (TPSA) is 64.3 Å². The van der Waals surface area contributed by atoms with Crippen molar-refractivity contribution in [2.24, 2.45) is 11.8 Å². The highest BCUT2D eigenvalue weighted by atomic mass is 16.5. The van der Waals surface area contributed by atoms with Crippen LogP contribution in [0.1, 0.15) is 5.69 Å². The Kier molecular flexibility index (Phi) is 2.74. The van der Waals surface area contributed by atoms with Crippen LogP contribution in [0.5, 0.6) is 0 Å². The molecule has 5 heteroatoms. The van der Waals surface area contributed by atoms with E-state index in [1.54, 1.807) is 0 Å². The fraction of sp³-hybridized carbons (Fsp3) is 0.263. The summed E-state index contributed by atoms with van der Waals surface area (Å²) in [4.78, 5) is 16.4. The second-order valence-corrected chi connectivity index (χ2v) is 6.59. The third-order valence-corrected chi connectivity index (χ3v) is 5.30. The van der Waals surface area contributed by atoms with Crippen molar-refractivity contribution < 1.29 is 14.6 Å². The van der Waals surface area contributed by atoms with Crippen molar-refractivity contribution in [3.05, 3.63) is 54.1 Å². The highest BCUT2D eigenvalue weighted by Crippen LogP contribution is 2.40. The van der Waals surface area contributed by atoms with Crippen LogP contribution >= 0.6 is 0 Å². The highest BCUT2D eigenvalue weighted by molar-refractivity contribution is 5.98. The number of carboxylic acid groups (broad SMARTS) is 1. The Morgan fingerprint density at radius 2 is 2.17 bits per heavy atom. The van der Waals surface area contributed by atoms with Gasteiger partial charge < -0.3 is 14.4 Å². The predicted octanol–water partition coefficient (Wildman–Crippen LogP) is 2.93. The van der Waals surface area contributed by atoms with Crippen LogP contribution < -0.4 is 0 Å². The number of ether oxygens (including phenoxy) is 1. The molecule has 0 radical (unpaired) electrons. The maximum atomic E-state index is 11.6. The number of para-hydroxylation sites is 1. The Balaban J connectivity index is 1.68. The largest absolute Gasteiger partial charge is 0.500 e. The van der Waals surface area contributed by atoms with Gasteiger partial charge in [-0.2, -0.15) is 0 Å². The molecule has 0 saturated carbocycles. The summed E-state index contributed by atoms with van der Waals surface area (Å²) in [5.74, 6) is -0.701. The van der Waals surface area contributed by atoms with Crippen molar-refractivity contribution in [1.29, 1.82) is 0 Å². The number of nitrogens with zero attached hydrogens (tertiary/aromatic N) is 2. The lowest BCUT2D eigenvalue weighted by Gasteiger charge is -2.37. The van der Waals surface area contributed by atoms with E-state index in [4.69, 9.17) is 9.72 Å². The summed E-state index contributed by atoms with van der Waals surface area (Å²) < 4.78 is 7.60. The van der Waals surface area contributed by atoms with E-state index in [0.717, 1.165) is 34.4 Å². The lowest BCUT2D eigenvalue weighted by molar-refractivity contribution is -0.134. The van der Waals surface area contributed by atoms with Crippen LogP contribution in [0.2, 0.25) is 0 Å². The monoisotopic (exact) mass is 320 g/mol. The zero-order valence-electron chi connectivity index (χ0n) is 13.0. The van der Waals surface area contributed by atoms with Gasteiger partial charge in [-0.05, 0) is 18.6 Å². The standard InChI is InChI=1S/C19H16N2O3/c22-19(23)15-10-24-9-11-8-21-6-5-13-12-3-1-2-4-16(12)20-18(13)17(21)7-14(11)15/h1-6,10-11,14H,7-9H2,(H,22,23)/t11-,14?/m1/s1. The molecule has 5 rings (SSSR count). The van der Waals surface area contributed by atoms with Gasteiger partial charge in [-0.1, -0.05) is 18.2 Å². The molecule has 1 aromatic carbocycles. The minimum absolute atomic E-state index is 0.0123. The van der Waals surface area contributed by atoms with Crippen molar-refractivity contribution in [3.63, 3.8) is 0 Å². The third-order valence-electron chi connectivity index (χ3n) is 5.30. The molecule has 5 nitrogen and oxygen atoms in total. The van der Waals surface area contributed by atoms with Crippen LogP contribution in [-0.4, -0.2) is 27.2 Å². The fourth-order valence-electron chi connectivity index (χ4n) is 4.12. The SMILES string of the molecule is O=C(O)C1=COC[C@H]2Cn3ccc4c5ccccc5nc-4c3CC12. The maximum absolute atomic E-state index is 11.6. The van der Waals surface area contributed by atoms with Crippen LogP contribution in [0.4, 0.5) is 0 Å². The van der Waals surface area contributed by atoms with Gasteiger partial charge in [-0.25, -0.2) is 9.78 Å². The van der Waals surface area contributed by atoms with Crippen molar-refractivity contribution in [3.8, 4) is 11.3 Å². The average Bonchev–Trinajstić information content (AvgIpc) is 2.98. The molecule has 0 amide bonds. The molecule has 120 valence electrons. The van der Waals surface area contributed by atoms with E-state index in [0.29, 0.717) is 18.6 Å². The number of carbonyl (C=O) groups is 1. The molecule has 2 atom stereocenters. The molecule has 0 aromatic heterocycles. The average molecular weight is 320 g/mol. The second kappa shape index (κ2) is 4.84. The Morgan fingerprint density at radius 1 is 1.29 bits per heavy atom. The van der Waals surface area contributed by atoms with E-state index in [1.807, 2.05) is 18.2 Å². The Morgan fingerprint density at radius 3 is 3.04 bits per heavy atom. The molecule has 1 N–H and O–H groups in total. The number of aromatic nitrogens is 2. The first-order valence-corrected chi connectivity index (χ1v) is 8.14. The number of pyridine rings is 1. The van der Waals surface area contributed by atoms with Gasteiger partial charge in [0.1, 0.15) is 0 Å². The van der Waals surface area contributed by atoms with Gasteiger partial charge in [-0.15, -0.1) is 0 Å². The van der Waals surface area contributed by atoms with Crippen molar-refractivity contribution >= 4 is 16.9 Å². The Hall–Kier alpha value is -2.82. The van der Waals surface area contributed by atoms with Gasteiger partial charge in [0.2, 0.25) is 0 Å². The van der Waals surface area contributed by atoms with Gasteiger partial charge in [0.25, 0.3) is 0 Å². The minimum Gasteiger partial charge on any atom is -0.500 e. The number of aliphatic carboxylic acids is 1. The number of benzene rings is 1. The van der Waals surface area contributed by atoms with Gasteiger partial charge in [-0.3, -0.25) is 0 Å². The summed E-state index contributed by atoms with van der Waals surface area (Å²) in [5.41, 5.74) is 4.63. The molecule has 24 heavy (non-hydrogen) atoms. The Labute approximate surface area is 138 Å². The molecule has 4 aliphatic rings. The number of rotatable bonds is 1. The number of carboxylic acids is 1. The molecule has 0 bridgehead atoms. The highest BCUT2D eigenvalue weighted by Gasteiger charge is 2.38. The predicted molar refractivity (Wildman–Crippen MR) is 88.7 cm³/mol. The number of hydrogen-bond acceptors (Lipinski definition) is 3. The molecule has 1 unspecified atom stereocenters. The number of fused-ring (bicyclic) bond motifs is 6. The van der Waals surface area contributed by atoms with Crippen molar-refractivity contribution in [1.82, 2.24) is 9.55 Å². The zero-order valence-corrected chi connectivity index (χ0v) is 13.0. The quantitative estimate of drug-likeness (QED) is 0.749. The van der Waals surface area contributed by atoms with E-state index < -0.39 is 5.97 Å². The first-order valence-electron chi connectivity index (χ1n) is 8.14. The smallest absolute Gasteiger partial charge is 0.334 e. The molecule has 4 aliphatic heterocycles. The summed E-state index contributed by atoms with van der Waals surface area (Å²) in [6.07, 6.45) is 4.21. The van der Waals surface area contributed by atoms with Crippen LogP contribution in [0, 0.1) is 11.8 Å². The molecule has 0 spiro atoms. The summed E-state index contributed by atoms with van der Waals surface area (Å²) in [5, 5.41) is 10.6. The molecule has 0 fully saturated rings. The summed E-state index contributed by atoms with van der Waals surface area (Å²) in [7, 11) is 0. The maximum Gasteiger partial charge on any atom is 0.334 e. The summed E-state index contributed by atoms with van der Waals surface area (Å²) in [6, 6.07) is 10.2. The molecular formula is C19H16N2O3. The van der Waals surface area contributed by atoms with Gasteiger partial charge in [0, 0.05) is 41.2 Å². The fourth-order valence-corrected chi connectivity index (χ4v) is 4.12. The third kappa shape index (κ3) is 1.81. The molecule has 0 aliphatic carbocycles. The van der Waals surface area contributed by atoms with E-state index in [9.17, 15) is 9.90 Å². The normalized spacial score (nSPS) is 22.6. The number of hydrogen-bond donors (Lipinski definition) is 1. The Bertz CT molecular complexity index is 972. The van der Waals surface area contributed by atoms with Gasteiger partial charge >= 0.3 is 5.97 Å². The molecule has 1 aromatic rings. The van der Waals surface area contributed by atoms with E-state index in [-0.39, 0.29) is 11.8 Å². The minimum atomic E-state index is -0.883. The summed E-state index contributed by atoms with van der Waals surface area (Å²) in [6.45, 7) is 1.34. The molecule has 4 heterocycles. The van der Waals surface area contributed by atoms with E-state index in [1.165, 1.54) is 6.26 Å². The van der Waals surface area contributed by atoms with E-state index in [2.05, 4.69) is 22.9 Å².